The molecule has 2 rings (SSSR count). The number of hydrogen-bond acceptors (Lipinski definition) is 3. The SMILES string of the molecule is Cc1ccc(OC[C@@H]2CC[C@@H](C)N(C)C2)nc1. The molecule has 3 heteroatoms. The molecule has 0 aliphatic carbocycles. The maximum atomic E-state index is 5.75. The highest BCUT2D eigenvalue weighted by Crippen LogP contribution is 2.21. The van der Waals surface area contributed by atoms with Crippen LogP contribution >= 0.6 is 0 Å². The van der Waals surface area contributed by atoms with Crippen molar-refractivity contribution in [3.63, 3.8) is 0 Å². The van der Waals surface area contributed by atoms with Crippen LogP contribution < -0.4 is 4.74 Å². The van der Waals surface area contributed by atoms with Crippen molar-refractivity contribution in [1.82, 2.24) is 9.88 Å². The van der Waals surface area contributed by atoms with Gasteiger partial charge in [-0.1, -0.05) is 6.07 Å². The van der Waals surface area contributed by atoms with Crippen LogP contribution in [0.3, 0.4) is 0 Å². The van der Waals surface area contributed by atoms with E-state index in [4.69, 9.17) is 4.74 Å². The maximum Gasteiger partial charge on any atom is 0.213 e. The van der Waals surface area contributed by atoms with E-state index in [0.29, 0.717) is 12.0 Å². The Morgan fingerprint density at radius 2 is 2.24 bits per heavy atom. The zero-order chi connectivity index (χ0) is 12.3. The van der Waals surface area contributed by atoms with Crippen molar-refractivity contribution in [2.75, 3.05) is 20.2 Å². The van der Waals surface area contributed by atoms with E-state index in [-0.39, 0.29) is 0 Å². The zero-order valence-electron chi connectivity index (χ0n) is 11.0. The van der Waals surface area contributed by atoms with Crippen molar-refractivity contribution in [3.8, 4) is 5.88 Å². The number of rotatable bonds is 3. The van der Waals surface area contributed by atoms with Crippen LogP contribution in [-0.4, -0.2) is 36.1 Å². The molecule has 0 bridgehead atoms. The summed E-state index contributed by atoms with van der Waals surface area (Å²) in [5.74, 6) is 1.39. The first-order valence-corrected chi connectivity index (χ1v) is 6.41. The number of pyridine rings is 1. The molecule has 1 saturated heterocycles. The smallest absolute Gasteiger partial charge is 0.213 e. The lowest BCUT2D eigenvalue weighted by molar-refractivity contribution is 0.110. The molecule has 1 fully saturated rings. The lowest BCUT2D eigenvalue weighted by Gasteiger charge is -2.34. The van der Waals surface area contributed by atoms with Crippen molar-refractivity contribution >= 4 is 0 Å². The van der Waals surface area contributed by atoms with Crippen LogP contribution in [0, 0.1) is 12.8 Å². The Morgan fingerprint density at radius 3 is 2.88 bits per heavy atom. The molecule has 0 aromatic carbocycles. The molecule has 1 aromatic heterocycles. The second-order valence-corrected chi connectivity index (χ2v) is 5.22. The summed E-state index contributed by atoms with van der Waals surface area (Å²) >= 11 is 0. The molecule has 1 aliphatic rings. The van der Waals surface area contributed by atoms with Gasteiger partial charge in [-0.15, -0.1) is 0 Å². The van der Waals surface area contributed by atoms with E-state index in [1.54, 1.807) is 0 Å². The van der Waals surface area contributed by atoms with E-state index < -0.39 is 0 Å². The van der Waals surface area contributed by atoms with E-state index in [2.05, 4.69) is 23.9 Å². The Bertz CT molecular complexity index is 350. The van der Waals surface area contributed by atoms with Gasteiger partial charge < -0.3 is 9.64 Å². The van der Waals surface area contributed by atoms with Gasteiger partial charge in [0, 0.05) is 30.8 Å². The van der Waals surface area contributed by atoms with Gasteiger partial charge in [-0.3, -0.25) is 0 Å². The summed E-state index contributed by atoms with van der Waals surface area (Å²) in [6.45, 7) is 6.24. The molecule has 0 unspecified atom stereocenters. The van der Waals surface area contributed by atoms with E-state index in [1.807, 2.05) is 25.3 Å². The first-order valence-electron chi connectivity index (χ1n) is 6.41. The van der Waals surface area contributed by atoms with Gasteiger partial charge in [-0.05, 0) is 39.3 Å². The fourth-order valence-electron chi connectivity index (χ4n) is 2.25. The first-order chi connectivity index (χ1) is 8.15. The van der Waals surface area contributed by atoms with Crippen LogP contribution in [0.4, 0.5) is 0 Å². The molecule has 0 amide bonds. The monoisotopic (exact) mass is 234 g/mol. The van der Waals surface area contributed by atoms with Crippen LogP contribution in [0.2, 0.25) is 0 Å². The van der Waals surface area contributed by atoms with Crippen molar-refractivity contribution < 1.29 is 4.74 Å². The molecule has 0 N–H and O–H groups in total. The average molecular weight is 234 g/mol. The van der Waals surface area contributed by atoms with Crippen molar-refractivity contribution in [2.45, 2.75) is 32.7 Å². The molecular formula is C14H22N2O. The maximum absolute atomic E-state index is 5.75. The van der Waals surface area contributed by atoms with Gasteiger partial charge in [0.15, 0.2) is 0 Å². The van der Waals surface area contributed by atoms with Gasteiger partial charge in [0.1, 0.15) is 0 Å². The third-order valence-corrected chi connectivity index (χ3v) is 3.64. The van der Waals surface area contributed by atoms with E-state index >= 15 is 0 Å². The second-order valence-electron chi connectivity index (χ2n) is 5.22. The molecule has 94 valence electrons. The van der Waals surface area contributed by atoms with Crippen LogP contribution in [0.15, 0.2) is 18.3 Å². The highest BCUT2D eigenvalue weighted by atomic mass is 16.5. The van der Waals surface area contributed by atoms with Gasteiger partial charge >= 0.3 is 0 Å². The van der Waals surface area contributed by atoms with Gasteiger partial charge in [0.05, 0.1) is 6.61 Å². The summed E-state index contributed by atoms with van der Waals surface area (Å²) in [7, 11) is 2.20. The first kappa shape index (κ1) is 12.4. The number of aryl methyl sites for hydroxylation is 1. The Kier molecular flexibility index (Phi) is 4.00. The van der Waals surface area contributed by atoms with Gasteiger partial charge in [-0.25, -0.2) is 4.98 Å². The lowest BCUT2D eigenvalue weighted by Crippen LogP contribution is -2.40. The highest BCUT2D eigenvalue weighted by molar-refractivity contribution is 5.16. The molecule has 1 aromatic rings. The molecule has 2 atom stereocenters. The van der Waals surface area contributed by atoms with E-state index in [0.717, 1.165) is 19.0 Å². The summed E-state index contributed by atoms with van der Waals surface area (Å²) < 4.78 is 5.75. The lowest BCUT2D eigenvalue weighted by atomic mass is 9.95. The standard InChI is InChI=1S/C14H22N2O/c1-11-4-7-14(15-8-11)17-10-13-6-5-12(2)16(3)9-13/h4,7-8,12-13H,5-6,9-10H2,1-3H3/t12-,13-/m1/s1. The van der Waals surface area contributed by atoms with Crippen LogP contribution in [0.25, 0.3) is 0 Å². The summed E-state index contributed by atoms with van der Waals surface area (Å²) in [5, 5.41) is 0. The molecule has 0 saturated carbocycles. The van der Waals surface area contributed by atoms with Gasteiger partial charge in [0.25, 0.3) is 0 Å². The molecule has 2 heterocycles. The number of likely N-dealkylation sites (tertiary alicyclic amines) is 1. The number of piperidine rings is 1. The van der Waals surface area contributed by atoms with E-state index in [1.165, 1.54) is 18.4 Å². The quantitative estimate of drug-likeness (QED) is 0.803. The van der Waals surface area contributed by atoms with Gasteiger partial charge in [-0.2, -0.15) is 0 Å². The minimum Gasteiger partial charge on any atom is -0.477 e. The Balaban J connectivity index is 1.80. The predicted octanol–water partition coefficient (Wildman–Crippen LogP) is 2.50. The molecule has 0 radical (unpaired) electrons. The molecule has 3 nitrogen and oxygen atoms in total. The fraction of sp³-hybridized carbons (Fsp3) is 0.643. The van der Waals surface area contributed by atoms with Crippen LogP contribution in [-0.2, 0) is 0 Å². The molecular weight excluding hydrogens is 212 g/mol. The van der Waals surface area contributed by atoms with Crippen LogP contribution in [0.5, 0.6) is 5.88 Å². The predicted molar refractivity (Wildman–Crippen MR) is 69.3 cm³/mol. The number of hydrogen-bond donors (Lipinski definition) is 0. The van der Waals surface area contributed by atoms with Crippen molar-refractivity contribution in [3.05, 3.63) is 23.9 Å². The zero-order valence-corrected chi connectivity index (χ0v) is 11.0. The fourth-order valence-corrected chi connectivity index (χ4v) is 2.25. The second kappa shape index (κ2) is 5.50. The Morgan fingerprint density at radius 1 is 1.41 bits per heavy atom. The normalized spacial score (nSPS) is 25.8. The van der Waals surface area contributed by atoms with E-state index in [9.17, 15) is 0 Å². The van der Waals surface area contributed by atoms with Crippen molar-refractivity contribution in [2.24, 2.45) is 5.92 Å². The summed E-state index contributed by atoms with van der Waals surface area (Å²) in [5.41, 5.74) is 1.17. The van der Waals surface area contributed by atoms with Gasteiger partial charge in [0.2, 0.25) is 5.88 Å². The number of nitrogens with zero attached hydrogens (tertiary/aromatic N) is 2. The summed E-state index contributed by atoms with van der Waals surface area (Å²) in [4.78, 5) is 6.68. The van der Waals surface area contributed by atoms with Crippen LogP contribution in [0.1, 0.15) is 25.3 Å². The third kappa shape index (κ3) is 3.43. The minimum atomic E-state index is 0.638. The summed E-state index contributed by atoms with van der Waals surface area (Å²) in [6.07, 6.45) is 4.38. The topological polar surface area (TPSA) is 25.4 Å². The molecule has 0 spiro atoms. The Labute approximate surface area is 104 Å². The Hall–Kier alpha value is -1.09. The molecule has 1 aliphatic heterocycles. The number of ether oxygens (including phenoxy) is 1. The minimum absolute atomic E-state index is 0.638. The summed E-state index contributed by atoms with van der Waals surface area (Å²) in [6, 6.07) is 4.70. The highest BCUT2D eigenvalue weighted by Gasteiger charge is 2.22. The average Bonchev–Trinajstić information content (AvgIpc) is 2.33. The number of aromatic nitrogens is 1. The molecule has 17 heavy (non-hydrogen) atoms. The van der Waals surface area contributed by atoms with Crippen molar-refractivity contribution in [1.29, 1.82) is 0 Å². The largest absolute Gasteiger partial charge is 0.477 e. The third-order valence-electron chi connectivity index (χ3n) is 3.64.